The van der Waals surface area contributed by atoms with Crippen LogP contribution in [0.15, 0.2) is 30.3 Å². The fraction of sp³-hybridized carbons (Fsp3) is 0.588. The van der Waals surface area contributed by atoms with E-state index >= 15 is 0 Å². The normalized spacial score (nSPS) is 21.7. The van der Waals surface area contributed by atoms with Crippen molar-refractivity contribution in [1.29, 1.82) is 0 Å². The molecule has 1 heterocycles. The first-order valence-electron chi connectivity index (χ1n) is 7.93. The Morgan fingerprint density at radius 3 is 2.81 bits per heavy atom. The third-order valence-electron chi connectivity index (χ3n) is 4.11. The minimum Gasteiger partial charge on any atom is -0.381 e. The van der Waals surface area contributed by atoms with Crippen molar-refractivity contribution in [3.8, 4) is 0 Å². The number of benzene rings is 1. The maximum absolute atomic E-state index is 12.6. The summed E-state index contributed by atoms with van der Waals surface area (Å²) in [6, 6.07) is 10.5. The fourth-order valence-electron chi connectivity index (χ4n) is 3.04. The van der Waals surface area contributed by atoms with Gasteiger partial charge in [0, 0.05) is 24.8 Å². The lowest BCUT2D eigenvalue weighted by molar-refractivity contribution is -0.137. The number of nitrogens with two attached hydrogens (primary N) is 1. The van der Waals surface area contributed by atoms with E-state index in [2.05, 4.69) is 24.4 Å². The second kappa shape index (κ2) is 6.94. The second-order valence-corrected chi connectivity index (χ2v) is 6.27. The molecule has 0 saturated carbocycles. The first kappa shape index (κ1) is 15.8. The number of nitrogens with zero attached hydrogens (tertiary/aromatic N) is 1. The van der Waals surface area contributed by atoms with Gasteiger partial charge in [0.25, 0.3) is 0 Å². The van der Waals surface area contributed by atoms with Gasteiger partial charge in [-0.2, -0.15) is 0 Å². The Balaban J connectivity index is 1.96. The monoisotopic (exact) mass is 289 g/mol. The maximum Gasteiger partial charge on any atom is 0.242 e. The summed E-state index contributed by atoms with van der Waals surface area (Å²) in [7, 11) is 0. The van der Waals surface area contributed by atoms with Crippen LogP contribution in [0.2, 0.25) is 0 Å². The highest BCUT2D eigenvalue weighted by Crippen LogP contribution is 2.20. The molecule has 21 heavy (non-hydrogen) atoms. The van der Waals surface area contributed by atoms with Crippen LogP contribution in [0.3, 0.4) is 0 Å². The third-order valence-corrected chi connectivity index (χ3v) is 4.11. The molecule has 1 saturated heterocycles. The van der Waals surface area contributed by atoms with Gasteiger partial charge in [0.1, 0.15) is 0 Å². The molecule has 1 aromatic rings. The van der Waals surface area contributed by atoms with Gasteiger partial charge in [-0.05, 0) is 38.3 Å². The highest BCUT2D eigenvalue weighted by Gasteiger charge is 2.34. The van der Waals surface area contributed by atoms with Gasteiger partial charge >= 0.3 is 0 Å². The number of amides is 1. The molecule has 4 heteroatoms. The summed E-state index contributed by atoms with van der Waals surface area (Å²) in [6.45, 7) is 5.48. The van der Waals surface area contributed by atoms with Gasteiger partial charge in [-0.1, -0.05) is 31.5 Å². The molecule has 0 bridgehead atoms. The lowest BCUT2D eigenvalue weighted by Gasteiger charge is -2.38. The quantitative estimate of drug-likeness (QED) is 0.876. The zero-order chi connectivity index (χ0) is 15.3. The molecule has 1 aliphatic rings. The summed E-state index contributed by atoms with van der Waals surface area (Å²) in [5, 5.41) is 3.51. The van der Waals surface area contributed by atoms with Gasteiger partial charge in [-0.15, -0.1) is 0 Å². The van der Waals surface area contributed by atoms with Crippen molar-refractivity contribution in [3.05, 3.63) is 30.3 Å². The van der Waals surface area contributed by atoms with E-state index in [1.54, 1.807) is 0 Å². The first-order chi connectivity index (χ1) is 10.0. The van der Waals surface area contributed by atoms with Gasteiger partial charge < -0.3 is 16.0 Å². The zero-order valence-electron chi connectivity index (χ0n) is 13.1. The molecule has 2 atom stereocenters. The number of hydrogen-bond donors (Lipinski definition) is 2. The van der Waals surface area contributed by atoms with Crippen LogP contribution in [0.5, 0.6) is 0 Å². The molecule has 1 amide bonds. The zero-order valence-corrected chi connectivity index (χ0v) is 13.1. The van der Waals surface area contributed by atoms with Gasteiger partial charge in [0.2, 0.25) is 5.91 Å². The molecule has 0 aliphatic carbocycles. The summed E-state index contributed by atoms with van der Waals surface area (Å²) >= 11 is 0. The van der Waals surface area contributed by atoms with E-state index < -0.39 is 5.54 Å². The van der Waals surface area contributed by atoms with Gasteiger partial charge in [-0.25, -0.2) is 0 Å². The number of likely N-dealkylation sites (tertiary alicyclic amines) is 1. The molecular weight excluding hydrogens is 262 g/mol. The van der Waals surface area contributed by atoms with Gasteiger partial charge in [-0.3, -0.25) is 4.79 Å². The molecule has 1 fully saturated rings. The number of anilines is 1. The van der Waals surface area contributed by atoms with Crippen molar-refractivity contribution >= 4 is 11.6 Å². The molecule has 1 aromatic carbocycles. The fourth-order valence-corrected chi connectivity index (χ4v) is 3.04. The second-order valence-electron chi connectivity index (χ2n) is 6.27. The van der Waals surface area contributed by atoms with Crippen LogP contribution in [0, 0.1) is 0 Å². The average molecular weight is 289 g/mol. The number of para-hydroxylation sites is 1. The van der Waals surface area contributed by atoms with Crippen LogP contribution in [-0.2, 0) is 4.79 Å². The van der Waals surface area contributed by atoms with E-state index in [-0.39, 0.29) is 5.91 Å². The Labute approximate surface area is 127 Å². The van der Waals surface area contributed by atoms with E-state index in [1.807, 2.05) is 30.0 Å². The van der Waals surface area contributed by atoms with E-state index in [9.17, 15) is 4.79 Å². The van der Waals surface area contributed by atoms with Crippen molar-refractivity contribution in [2.45, 2.75) is 51.1 Å². The Morgan fingerprint density at radius 1 is 1.43 bits per heavy atom. The highest BCUT2D eigenvalue weighted by molar-refractivity contribution is 5.85. The molecule has 1 aliphatic heterocycles. The van der Waals surface area contributed by atoms with E-state index in [0.29, 0.717) is 6.04 Å². The van der Waals surface area contributed by atoms with Crippen molar-refractivity contribution in [2.24, 2.45) is 5.73 Å². The van der Waals surface area contributed by atoms with Crippen LogP contribution < -0.4 is 11.1 Å². The smallest absolute Gasteiger partial charge is 0.242 e. The lowest BCUT2D eigenvalue weighted by Crippen LogP contribution is -2.56. The number of nitrogens with one attached hydrogen (secondary N) is 1. The van der Waals surface area contributed by atoms with Crippen LogP contribution in [-0.4, -0.2) is 35.5 Å². The van der Waals surface area contributed by atoms with Crippen LogP contribution in [0.25, 0.3) is 0 Å². The minimum absolute atomic E-state index is 0.0870. The molecule has 0 radical (unpaired) electrons. The molecular formula is C17H27N3O. The number of carbonyl (C=O) groups is 1. The summed E-state index contributed by atoms with van der Waals surface area (Å²) in [5.41, 5.74) is 6.57. The molecule has 116 valence electrons. The Bertz CT molecular complexity index is 458. The molecule has 2 rings (SSSR count). The summed E-state index contributed by atoms with van der Waals surface area (Å²) < 4.78 is 0. The molecule has 4 nitrogen and oxygen atoms in total. The molecule has 0 spiro atoms. The lowest BCUT2D eigenvalue weighted by atomic mass is 9.94. The third kappa shape index (κ3) is 4.21. The number of carbonyl (C=O) groups excluding carboxylic acids is 1. The topological polar surface area (TPSA) is 58.4 Å². The highest BCUT2D eigenvalue weighted by atomic mass is 16.2. The Kier molecular flexibility index (Phi) is 5.23. The molecule has 0 aromatic heterocycles. The standard InChI is InChI=1S/C17H27N3O/c1-3-11-17(2,18)16(21)20-12-7-10-15(13-20)19-14-8-5-4-6-9-14/h4-6,8-9,15,19H,3,7,10-13,18H2,1-2H3. The van der Waals surface area contributed by atoms with Crippen molar-refractivity contribution < 1.29 is 4.79 Å². The summed E-state index contributed by atoms with van der Waals surface area (Å²) in [4.78, 5) is 14.5. The van der Waals surface area contributed by atoms with E-state index in [4.69, 9.17) is 5.73 Å². The average Bonchev–Trinajstić information content (AvgIpc) is 2.48. The minimum atomic E-state index is -0.733. The molecule has 2 unspecified atom stereocenters. The summed E-state index contributed by atoms with van der Waals surface area (Å²) in [5.74, 6) is 0.0870. The van der Waals surface area contributed by atoms with E-state index in [0.717, 1.165) is 44.5 Å². The van der Waals surface area contributed by atoms with E-state index in [1.165, 1.54) is 0 Å². The summed E-state index contributed by atoms with van der Waals surface area (Å²) in [6.07, 6.45) is 3.78. The van der Waals surface area contributed by atoms with Crippen molar-refractivity contribution in [3.63, 3.8) is 0 Å². The number of piperidine rings is 1. The predicted octanol–water partition coefficient (Wildman–Crippen LogP) is 2.61. The van der Waals surface area contributed by atoms with Crippen molar-refractivity contribution in [2.75, 3.05) is 18.4 Å². The predicted molar refractivity (Wildman–Crippen MR) is 87.2 cm³/mol. The SMILES string of the molecule is CCCC(C)(N)C(=O)N1CCCC(Nc2ccccc2)C1. The van der Waals surface area contributed by atoms with Crippen molar-refractivity contribution in [1.82, 2.24) is 4.90 Å². The van der Waals surface area contributed by atoms with Gasteiger partial charge in [0.15, 0.2) is 0 Å². The Hall–Kier alpha value is -1.55. The Morgan fingerprint density at radius 2 is 2.14 bits per heavy atom. The van der Waals surface area contributed by atoms with Gasteiger partial charge in [0.05, 0.1) is 5.54 Å². The van der Waals surface area contributed by atoms with Crippen LogP contribution in [0.1, 0.15) is 39.5 Å². The first-order valence-corrected chi connectivity index (χ1v) is 7.93. The number of rotatable bonds is 5. The van der Waals surface area contributed by atoms with Crippen LogP contribution >= 0.6 is 0 Å². The molecule has 3 N–H and O–H groups in total. The largest absolute Gasteiger partial charge is 0.381 e. The van der Waals surface area contributed by atoms with Crippen LogP contribution in [0.4, 0.5) is 5.69 Å². The number of hydrogen-bond acceptors (Lipinski definition) is 3. The maximum atomic E-state index is 12.6.